The Kier molecular flexibility index (Phi) is 6.46. The van der Waals surface area contributed by atoms with Gasteiger partial charge in [0, 0.05) is 40.5 Å². The number of fused-ring (bicyclic) bond motifs is 1. The van der Waals surface area contributed by atoms with Crippen LogP contribution in [0.3, 0.4) is 0 Å². The number of nitrogens with zero attached hydrogens (tertiary/aromatic N) is 3. The number of hydrogen-bond acceptors (Lipinski definition) is 6. The fraction of sp³-hybridized carbons (Fsp3) is 0.250. The molecular formula is C24H22ClN5O3S. The molecule has 1 aliphatic rings. The lowest BCUT2D eigenvalue weighted by atomic mass is 9.98. The van der Waals surface area contributed by atoms with Crippen LogP contribution >= 0.6 is 22.9 Å². The summed E-state index contributed by atoms with van der Waals surface area (Å²) in [6.45, 7) is 1.40. The van der Waals surface area contributed by atoms with E-state index >= 15 is 0 Å². The summed E-state index contributed by atoms with van der Waals surface area (Å²) in [6, 6.07) is 12.8. The molecule has 2 aromatic carbocycles. The van der Waals surface area contributed by atoms with Crippen LogP contribution in [-0.4, -0.2) is 45.2 Å². The van der Waals surface area contributed by atoms with Crippen molar-refractivity contribution in [3.8, 4) is 0 Å². The van der Waals surface area contributed by atoms with Gasteiger partial charge in [-0.2, -0.15) is 5.10 Å². The van der Waals surface area contributed by atoms with Gasteiger partial charge in [-0.3, -0.25) is 9.89 Å². The van der Waals surface area contributed by atoms with E-state index < -0.39 is 0 Å². The highest BCUT2D eigenvalue weighted by atomic mass is 35.5. The molecule has 34 heavy (non-hydrogen) atoms. The Labute approximate surface area is 204 Å². The molecule has 5 rings (SSSR count). The van der Waals surface area contributed by atoms with Crippen molar-refractivity contribution in [3.05, 3.63) is 75.3 Å². The molecule has 8 nitrogen and oxygen atoms in total. The average Bonchev–Trinajstić information content (AvgIpc) is 3.53. The maximum Gasteiger partial charge on any atom is 0.410 e. The van der Waals surface area contributed by atoms with Crippen molar-refractivity contribution in [2.45, 2.75) is 25.4 Å². The van der Waals surface area contributed by atoms with E-state index in [0.717, 1.165) is 34.3 Å². The highest BCUT2D eigenvalue weighted by Gasteiger charge is 2.27. The van der Waals surface area contributed by atoms with Crippen LogP contribution in [-0.2, 0) is 11.3 Å². The molecule has 2 N–H and O–H groups in total. The number of rotatable bonds is 5. The number of halogens is 1. The third-order valence-electron chi connectivity index (χ3n) is 5.83. The number of aromatic nitrogens is 3. The normalized spacial score (nSPS) is 14.3. The summed E-state index contributed by atoms with van der Waals surface area (Å²) in [5.41, 5.74) is 2.90. The van der Waals surface area contributed by atoms with Gasteiger partial charge in [-0.15, -0.1) is 11.3 Å². The van der Waals surface area contributed by atoms with Crippen molar-refractivity contribution < 1.29 is 14.3 Å². The van der Waals surface area contributed by atoms with Gasteiger partial charge in [0.25, 0.3) is 5.91 Å². The summed E-state index contributed by atoms with van der Waals surface area (Å²) < 4.78 is 5.43. The number of benzene rings is 2. The van der Waals surface area contributed by atoms with E-state index in [2.05, 4.69) is 20.5 Å². The predicted octanol–water partition coefficient (Wildman–Crippen LogP) is 5.44. The first-order valence-corrected chi connectivity index (χ1v) is 12.2. The summed E-state index contributed by atoms with van der Waals surface area (Å²) in [6.07, 6.45) is 2.96. The Bertz CT molecular complexity index is 1310. The number of anilines is 1. The topological polar surface area (TPSA) is 100 Å². The molecule has 10 heteroatoms. The Morgan fingerprint density at radius 2 is 1.97 bits per heavy atom. The van der Waals surface area contributed by atoms with Crippen LogP contribution in [0.5, 0.6) is 0 Å². The van der Waals surface area contributed by atoms with E-state index in [9.17, 15) is 9.59 Å². The van der Waals surface area contributed by atoms with E-state index in [1.54, 1.807) is 28.6 Å². The molecule has 2 amide bonds. The summed E-state index contributed by atoms with van der Waals surface area (Å²) in [5.74, 6) is -0.0253. The van der Waals surface area contributed by atoms with Gasteiger partial charge < -0.3 is 15.0 Å². The van der Waals surface area contributed by atoms with E-state index in [1.807, 2.05) is 30.3 Å². The molecule has 2 aromatic heterocycles. The number of likely N-dealkylation sites (tertiary alicyclic amines) is 1. The zero-order valence-electron chi connectivity index (χ0n) is 18.2. The van der Waals surface area contributed by atoms with E-state index in [-0.39, 0.29) is 24.5 Å². The van der Waals surface area contributed by atoms with Crippen molar-refractivity contribution >= 4 is 51.5 Å². The lowest BCUT2D eigenvalue weighted by Gasteiger charge is -2.30. The monoisotopic (exact) mass is 495 g/mol. The minimum atomic E-state index is -0.317. The van der Waals surface area contributed by atoms with Crippen LogP contribution in [0, 0.1) is 0 Å². The average molecular weight is 496 g/mol. The largest absolute Gasteiger partial charge is 0.445 e. The van der Waals surface area contributed by atoms with Crippen LogP contribution in [0.15, 0.2) is 54.0 Å². The van der Waals surface area contributed by atoms with Crippen molar-refractivity contribution in [2.24, 2.45) is 0 Å². The molecule has 1 fully saturated rings. The quantitative estimate of drug-likeness (QED) is 0.384. The van der Waals surface area contributed by atoms with Gasteiger partial charge in [-0.05, 0) is 48.7 Å². The van der Waals surface area contributed by atoms with Crippen LogP contribution in [0.25, 0.3) is 10.9 Å². The Morgan fingerprint density at radius 3 is 2.76 bits per heavy atom. The molecule has 0 atom stereocenters. The summed E-state index contributed by atoms with van der Waals surface area (Å²) in [7, 11) is 0. The molecule has 0 bridgehead atoms. The summed E-state index contributed by atoms with van der Waals surface area (Å²) in [5, 5.41) is 14.1. The highest BCUT2D eigenvalue weighted by molar-refractivity contribution is 7.10. The molecular weight excluding hydrogens is 474 g/mol. The van der Waals surface area contributed by atoms with Gasteiger partial charge >= 0.3 is 6.09 Å². The van der Waals surface area contributed by atoms with Crippen molar-refractivity contribution in [2.75, 3.05) is 18.4 Å². The van der Waals surface area contributed by atoms with Crippen LogP contribution < -0.4 is 5.32 Å². The number of carbonyl (C=O) groups is 2. The molecule has 0 saturated carbocycles. The number of amides is 2. The van der Waals surface area contributed by atoms with Crippen LogP contribution in [0.1, 0.15) is 39.8 Å². The van der Waals surface area contributed by atoms with Crippen LogP contribution in [0.2, 0.25) is 5.02 Å². The molecule has 0 unspecified atom stereocenters. The first kappa shape index (κ1) is 22.4. The molecule has 0 aliphatic carbocycles. The number of aromatic amines is 1. The lowest BCUT2D eigenvalue weighted by Crippen LogP contribution is -2.38. The number of thiazole rings is 1. The zero-order valence-corrected chi connectivity index (χ0v) is 19.7. The molecule has 3 heterocycles. The Balaban J connectivity index is 1.12. The fourth-order valence-electron chi connectivity index (χ4n) is 3.92. The van der Waals surface area contributed by atoms with Gasteiger partial charge in [0.2, 0.25) is 0 Å². The number of carbonyl (C=O) groups excluding carboxylic acids is 2. The number of hydrogen-bond donors (Lipinski definition) is 2. The smallest absolute Gasteiger partial charge is 0.410 e. The fourth-order valence-corrected chi connectivity index (χ4v) is 5.02. The maximum absolute atomic E-state index is 12.7. The predicted molar refractivity (Wildman–Crippen MR) is 131 cm³/mol. The SMILES string of the molecule is O=C(Nc1ccc2[nH]ncc2c1)c1csc(C2CCN(C(=O)OCc3ccc(Cl)cc3)CC2)n1. The maximum atomic E-state index is 12.7. The number of nitrogens with one attached hydrogen (secondary N) is 2. The first-order valence-electron chi connectivity index (χ1n) is 10.9. The van der Waals surface area contributed by atoms with Crippen molar-refractivity contribution in [3.63, 3.8) is 0 Å². The minimum Gasteiger partial charge on any atom is -0.445 e. The van der Waals surface area contributed by atoms with Gasteiger partial charge in [0.1, 0.15) is 12.3 Å². The molecule has 174 valence electrons. The zero-order chi connectivity index (χ0) is 23.5. The van der Waals surface area contributed by atoms with Gasteiger partial charge in [0.05, 0.1) is 16.7 Å². The van der Waals surface area contributed by atoms with Gasteiger partial charge in [-0.1, -0.05) is 23.7 Å². The van der Waals surface area contributed by atoms with Crippen molar-refractivity contribution in [1.29, 1.82) is 0 Å². The standard InChI is InChI=1S/C24H22ClN5O3S/c25-18-3-1-15(2-4-18)13-33-24(32)30-9-7-16(8-10-30)23-28-21(14-34-23)22(31)27-19-5-6-20-17(11-19)12-26-29-20/h1-6,11-12,14,16H,7-10,13H2,(H,26,29)(H,27,31). The van der Waals surface area contributed by atoms with E-state index in [0.29, 0.717) is 29.5 Å². The molecule has 1 aliphatic heterocycles. The molecule has 0 spiro atoms. The summed E-state index contributed by atoms with van der Waals surface area (Å²) in [4.78, 5) is 31.4. The third-order valence-corrected chi connectivity index (χ3v) is 7.09. The third kappa shape index (κ3) is 5.05. The van der Waals surface area contributed by atoms with E-state index in [1.165, 1.54) is 11.3 Å². The Morgan fingerprint density at radius 1 is 1.18 bits per heavy atom. The number of H-pyrrole nitrogens is 1. The lowest BCUT2D eigenvalue weighted by molar-refractivity contribution is 0.0870. The highest BCUT2D eigenvalue weighted by Crippen LogP contribution is 2.31. The minimum absolute atomic E-state index is 0.217. The second-order valence-electron chi connectivity index (χ2n) is 8.14. The van der Waals surface area contributed by atoms with Crippen LogP contribution in [0.4, 0.5) is 10.5 Å². The molecule has 1 saturated heterocycles. The van der Waals surface area contributed by atoms with E-state index in [4.69, 9.17) is 16.3 Å². The number of piperidine rings is 1. The second-order valence-corrected chi connectivity index (χ2v) is 9.47. The first-order chi connectivity index (χ1) is 16.5. The van der Waals surface area contributed by atoms with Gasteiger partial charge in [-0.25, -0.2) is 9.78 Å². The number of ether oxygens (including phenoxy) is 1. The Hall–Kier alpha value is -3.43. The molecule has 4 aromatic rings. The summed E-state index contributed by atoms with van der Waals surface area (Å²) >= 11 is 7.37. The molecule has 0 radical (unpaired) electrons. The second kappa shape index (κ2) is 9.82. The van der Waals surface area contributed by atoms with Crippen molar-refractivity contribution in [1.82, 2.24) is 20.1 Å². The van der Waals surface area contributed by atoms with Gasteiger partial charge in [0.15, 0.2) is 0 Å².